The third-order valence-corrected chi connectivity index (χ3v) is 2.11. The Morgan fingerprint density at radius 2 is 1.33 bits per heavy atom. The SMILES string of the molecule is O=C(O)C(F)(C(F)(F)F)S(=O)(=O)O.[LiH].[LiH]. The van der Waals surface area contributed by atoms with Gasteiger partial charge in [-0.25, -0.2) is 9.18 Å². The number of carbonyl (C=O) groups is 1. The van der Waals surface area contributed by atoms with E-state index in [9.17, 15) is 30.8 Å². The van der Waals surface area contributed by atoms with E-state index in [1.54, 1.807) is 0 Å². The molecule has 0 saturated carbocycles. The van der Waals surface area contributed by atoms with Gasteiger partial charge in [0.2, 0.25) is 0 Å². The normalized spacial score (nSPS) is 15.5. The second-order valence-corrected chi connectivity index (χ2v) is 3.39. The van der Waals surface area contributed by atoms with E-state index >= 15 is 0 Å². The van der Waals surface area contributed by atoms with Crippen LogP contribution in [-0.4, -0.2) is 72.9 Å². The predicted molar refractivity (Wildman–Crippen MR) is 43.4 cm³/mol. The molecule has 0 aliphatic rings. The Kier molecular flexibility index (Phi) is 7.68. The van der Waals surface area contributed by atoms with E-state index in [4.69, 9.17) is 9.66 Å². The second kappa shape index (κ2) is 5.57. The fraction of sp³-hybridized carbons (Fsp3) is 0.667. The molecule has 0 aliphatic heterocycles. The first-order chi connectivity index (χ1) is 5.44. The van der Waals surface area contributed by atoms with Crippen molar-refractivity contribution >= 4 is 53.8 Å². The van der Waals surface area contributed by atoms with Crippen LogP contribution in [0.5, 0.6) is 0 Å². The van der Waals surface area contributed by atoms with Crippen LogP contribution in [0.4, 0.5) is 17.6 Å². The molecule has 15 heavy (non-hydrogen) atoms. The Hall–Kier alpha value is 0.295. The maximum atomic E-state index is 12.4. The minimum atomic E-state index is -6.41. The van der Waals surface area contributed by atoms with Crippen LogP contribution in [0.1, 0.15) is 0 Å². The van der Waals surface area contributed by atoms with Crippen molar-refractivity contribution < 1.29 is 40.4 Å². The molecule has 1 atom stereocenters. The number of hydrogen-bond acceptors (Lipinski definition) is 3. The summed E-state index contributed by atoms with van der Waals surface area (Å²) in [4.78, 5) is 9.68. The van der Waals surface area contributed by atoms with E-state index < -0.39 is 27.3 Å². The second-order valence-electron chi connectivity index (χ2n) is 1.87. The Morgan fingerprint density at radius 3 is 1.33 bits per heavy atom. The van der Waals surface area contributed by atoms with Gasteiger partial charge in [0, 0.05) is 0 Å². The van der Waals surface area contributed by atoms with Crippen LogP contribution < -0.4 is 0 Å². The molecule has 0 aromatic heterocycles. The van der Waals surface area contributed by atoms with Crippen molar-refractivity contribution in [2.75, 3.05) is 0 Å². The Morgan fingerprint density at radius 1 is 1.07 bits per heavy atom. The molecule has 2 N–H and O–H groups in total. The molecule has 0 aromatic carbocycles. The Labute approximate surface area is 105 Å². The van der Waals surface area contributed by atoms with Gasteiger partial charge in [0.15, 0.2) is 0 Å². The summed E-state index contributed by atoms with van der Waals surface area (Å²) in [5.41, 5.74) is 0. The van der Waals surface area contributed by atoms with Crippen molar-refractivity contribution in [1.29, 1.82) is 0 Å². The van der Waals surface area contributed by atoms with Crippen molar-refractivity contribution in [3.05, 3.63) is 0 Å². The number of aliphatic carboxylic acids is 1. The molecule has 0 rings (SSSR count). The van der Waals surface area contributed by atoms with Crippen LogP contribution in [0.25, 0.3) is 0 Å². The zero-order valence-corrected chi connectivity index (χ0v) is 6.36. The fourth-order valence-electron chi connectivity index (χ4n) is 0.378. The molecule has 0 amide bonds. The summed E-state index contributed by atoms with van der Waals surface area (Å²) in [7, 11) is -6.41. The number of hydrogen-bond donors (Lipinski definition) is 2. The number of carboxylic acid groups (broad SMARTS) is 1. The first kappa shape index (κ1) is 20.7. The molecule has 0 radical (unpaired) electrons. The zero-order chi connectivity index (χ0) is 11.1. The zero-order valence-electron chi connectivity index (χ0n) is 5.54. The van der Waals surface area contributed by atoms with E-state index in [-0.39, 0.29) is 37.7 Å². The Balaban J connectivity index is -0.000000720. The van der Waals surface area contributed by atoms with Gasteiger partial charge in [-0.3, -0.25) is 4.55 Å². The average molecular weight is 242 g/mol. The van der Waals surface area contributed by atoms with E-state index in [0.717, 1.165) is 0 Å². The Bertz CT molecular complexity index is 326. The summed E-state index contributed by atoms with van der Waals surface area (Å²) >= 11 is 0. The van der Waals surface area contributed by atoms with E-state index in [1.165, 1.54) is 0 Å². The van der Waals surface area contributed by atoms with Crippen LogP contribution in [-0.2, 0) is 14.9 Å². The van der Waals surface area contributed by atoms with Gasteiger partial charge in [0.25, 0.3) is 0 Å². The van der Waals surface area contributed by atoms with Crippen LogP contribution in [0.15, 0.2) is 0 Å². The van der Waals surface area contributed by atoms with Gasteiger partial charge in [0.05, 0.1) is 0 Å². The van der Waals surface area contributed by atoms with Crippen LogP contribution >= 0.6 is 0 Å². The van der Waals surface area contributed by atoms with Gasteiger partial charge < -0.3 is 5.11 Å². The topological polar surface area (TPSA) is 91.7 Å². The molecule has 5 nitrogen and oxygen atoms in total. The van der Waals surface area contributed by atoms with Gasteiger partial charge in [-0.05, 0) is 0 Å². The van der Waals surface area contributed by atoms with Crippen LogP contribution in [0.3, 0.4) is 0 Å². The number of halogens is 4. The molecule has 0 heterocycles. The molecule has 0 aromatic rings. The maximum absolute atomic E-state index is 12.4. The van der Waals surface area contributed by atoms with Gasteiger partial charge in [-0.1, -0.05) is 0 Å². The summed E-state index contributed by atoms with van der Waals surface area (Å²) in [5, 5.41) is 1.99. The molecule has 1 unspecified atom stereocenters. The monoisotopic (exact) mass is 242 g/mol. The number of carboxylic acids is 1. The molecule has 0 aliphatic carbocycles. The molecule has 82 valence electrons. The first-order valence-corrected chi connectivity index (χ1v) is 3.84. The van der Waals surface area contributed by atoms with Crippen LogP contribution in [0.2, 0.25) is 0 Å². The van der Waals surface area contributed by atoms with E-state index in [2.05, 4.69) is 0 Å². The number of rotatable bonds is 2. The summed E-state index contributed by atoms with van der Waals surface area (Å²) in [6, 6.07) is 0. The molecule has 0 bridgehead atoms. The summed E-state index contributed by atoms with van der Waals surface area (Å²) < 4.78 is 74.4. The molecular formula is C3H4F4Li2O5S. The minimum absolute atomic E-state index is 0. The molecule has 0 spiro atoms. The van der Waals surface area contributed by atoms with Gasteiger partial charge in [-0.15, -0.1) is 0 Å². The standard InChI is InChI=1S/C3H2F4O5S.2Li.2H/c4-2(1(8)9,3(5,6)7)13(10,11)12;;;;/h(H,8,9)(H,10,11,12);;;;. The third-order valence-electron chi connectivity index (χ3n) is 0.995. The summed E-state index contributed by atoms with van der Waals surface area (Å²) in [6.07, 6.45) is -6.24. The van der Waals surface area contributed by atoms with Gasteiger partial charge in [-0.2, -0.15) is 21.6 Å². The van der Waals surface area contributed by atoms with Crippen molar-refractivity contribution in [1.82, 2.24) is 0 Å². The first-order valence-electron chi connectivity index (χ1n) is 2.40. The average Bonchev–Trinajstić information content (AvgIpc) is 1.80. The summed E-state index contributed by atoms with van der Waals surface area (Å²) in [5.74, 6) is -3.34. The predicted octanol–water partition coefficient (Wildman–Crippen LogP) is -1.11. The van der Waals surface area contributed by atoms with Gasteiger partial charge >= 0.3 is 65.0 Å². The quantitative estimate of drug-likeness (QED) is 0.364. The molecular weight excluding hydrogens is 238 g/mol. The van der Waals surface area contributed by atoms with E-state index in [0.29, 0.717) is 0 Å². The number of alkyl halides is 4. The molecule has 12 heteroatoms. The van der Waals surface area contributed by atoms with Crippen molar-refractivity contribution in [2.45, 2.75) is 11.2 Å². The molecule has 0 saturated heterocycles. The van der Waals surface area contributed by atoms with Crippen molar-refractivity contribution in [3.63, 3.8) is 0 Å². The van der Waals surface area contributed by atoms with Crippen molar-refractivity contribution in [3.8, 4) is 0 Å². The van der Waals surface area contributed by atoms with Gasteiger partial charge in [0.1, 0.15) is 0 Å². The van der Waals surface area contributed by atoms with Crippen LogP contribution in [0, 0.1) is 0 Å². The van der Waals surface area contributed by atoms with Crippen molar-refractivity contribution in [2.24, 2.45) is 0 Å². The fourth-order valence-corrected chi connectivity index (χ4v) is 0.891. The van der Waals surface area contributed by atoms with E-state index in [1.807, 2.05) is 0 Å². The third kappa shape index (κ3) is 3.66. The summed E-state index contributed by atoms with van der Waals surface area (Å²) in [6.45, 7) is 0. The molecule has 0 fully saturated rings.